The van der Waals surface area contributed by atoms with Crippen LogP contribution in [-0.4, -0.2) is 27.6 Å². The fourth-order valence-electron chi connectivity index (χ4n) is 1.95. The summed E-state index contributed by atoms with van der Waals surface area (Å²) in [6.45, 7) is 2.29. The molecule has 0 aliphatic carbocycles. The summed E-state index contributed by atoms with van der Waals surface area (Å²) < 4.78 is 0. The summed E-state index contributed by atoms with van der Waals surface area (Å²) in [6.07, 6.45) is 3.31. The Bertz CT molecular complexity index is 342. The lowest BCUT2D eigenvalue weighted by molar-refractivity contribution is 0.781. The molecule has 1 saturated heterocycles. The molecule has 0 amide bonds. The largest absolute Gasteiger partial charge is 0.245 e. The average molecular weight is 308 g/mol. The Kier molecular flexibility index (Phi) is 6.00. The van der Waals surface area contributed by atoms with Gasteiger partial charge in [-0.05, 0) is 19.3 Å². The first-order chi connectivity index (χ1) is 8.35. The van der Waals surface area contributed by atoms with E-state index in [1.807, 2.05) is 11.3 Å². The van der Waals surface area contributed by atoms with Crippen LogP contribution in [0.25, 0.3) is 0 Å². The standard InChI is InChI=1S/C12H18ClNS3/c1-2-10-11(16-7-6-15-10)12-14-9(8-17-12)4-3-5-13/h8,10-11H,2-7H2,1H3. The van der Waals surface area contributed by atoms with Gasteiger partial charge in [0, 0.05) is 28.0 Å². The molecule has 2 rings (SSSR count). The van der Waals surface area contributed by atoms with E-state index in [9.17, 15) is 0 Å². The number of nitrogens with zero attached hydrogens (tertiary/aromatic N) is 1. The van der Waals surface area contributed by atoms with E-state index in [1.54, 1.807) is 0 Å². The maximum atomic E-state index is 5.72. The Morgan fingerprint density at radius 2 is 2.24 bits per heavy atom. The molecule has 2 atom stereocenters. The number of alkyl halides is 1. The summed E-state index contributed by atoms with van der Waals surface area (Å²) in [5.74, 6) is 3.30. The fourth-order valence-corrected chi connectivity index (χ4v) is 6.37. The van der Waals surface area contributed by atoms with E-state index < -0.39 is 0 Å². The Hall–Kier alpha value is 0.620. The first-order valence-electron chi connectivity index (χ1n) is 6.08. The predicted molar refractivity (Wildman–Crippen MR) is 82.9 cm³/mol. The third kappa shape index (κ3) is 3.79. The number of halogens is 1. The summed E-state index contributed by atoms with van der Waals surface area (Å²) in [7, 11) is 0. The summed E-state index contributed by atoms with van der Waals surface area (Å²) in [5, 5.41) is 4.92. The van der Waals surface area contributed by atoms with E-state index in [-0.39, 0.29) is 0 Å². The minimum absolute atomic E-state index is 0.619. The number of hydrogen-bond donors (Lipinski definition) is 0. The quantitative estimate of drug-likeness (QED) is 0.737. The van der Waals surface area contributed by atoms with Gasteiger partial charge in [-0.3, -0.25) is 0 Å². The molecule has 1 nitrogen and oxygen atoms in total. The smallest absolute Gasteiger partial charge is 0.107 e. The SMILES string of the molecule is CCC1SCCSC1c1nc(CCCCl)cs1. The lowest BCUT2D eigenvalue weighted by Crippen LogP contribution is -2.18. The number of thioether (sulfide) groups is 2. The number of thiazole rings is 1. The van der Waals surface area contributed by atoms with Crippen molar-refractivity contribution in [1.82, 2.24) is 4.98 Å². The van der Waals surface area contributed by atoms with E-state index in [1.165, 1.54) is 28.6 Å². The number of aromatic nitrogens is 1. The molecule has 0 N–H and O–H groups in total. The molecule has 0 bridgehead atoms. The lowest BCUT2D eigenvalue weighted by Gasteiger charge is -2.28. The van der Waals surface area contributed by atoms with Crippen LogP contribution in [0.1, 0.15) is 35.7 Å². The number of hydrogen-bond acceptors (Lipinski definition) is 4. The monoisotopic (exact) mass is 307 g/mol. The van der Waals surface area contributed by atoms with Crippen molar-refractivity contribution in [2.45, 2.75) is 36.7 Å². The minimum atomic E-state index is 0.619. The summed E-state index contributed by atoms with van der Waals surface area (Å²) >= 11 is 11.8. The van der Waals surface area contributed by atoms with Crippen molar-refractivity contribution in [2.24, 2.45) is 0 Å². The molecule has 0 radical (unpaired) electrons. The molecule has 1 aliphatic rings. The number of aryl methyl sites for hydroxylation is 1. The van der Waals surface area contributed by atoms with Crippen LogP contribution in [0.2, 0.25) is 0 Å². The van der Waals surface area contributed by atoms with Crippen LogP contribution < -0.4 is 0 Å². The van der Waals surface area contributed by atoms with Crippen LogP contribution in [-0.2, 0) is 6.42 Å². The first kappa shape index (κ1) is 14.0. The van der Waals surface area contributed by atoms with Crippen molar-refractivity contribution in [1.29, 1.82) is 0 Å². The van der Waals surface area contributed by atoms with Crippen molar-refractivity contribution < 1.29 is 0 Å². The normalized spacial score (nSPS) is 25.1. The molecule has 1 aliphatic heterocycles. The zero-order valence-electron chi connectivity index (χ0n) is 10.0. The summed E-state index contributed by atoms with van der Waals surface area (Å²) in [4.78, 5) is 4.80. The van der Waals surface area contributed by atoms with E-state index >= 15 is 0 Å². The van der Waals surface area contributed by atoms with Gasteiger partial charge in [0.15, 0.2) is 0 Å². The van der Waals surface area contributed by atoms with Crippen molar-refractivity contribution in [3.8, 4) is 0 Å². The molecule has 2 heterocycles. The fraction of sp³-hybridized carbons (Fsp3) is 0.750. The molecule has 0 spiro atoms. The van der Waals surface area contributed by atoms with Crippen molar-refractivity contribution in [3.05, 3.63) is 16.1 Å². The van der Waals surface area contributed by atoms with Crippen LogP contribution in [0.4, 0.5) is 0 Å². The molecule has 96 valence electrons. The molecule has 5 heteroatoms. The second-order valence-corrected chi connectivity index (χ2v) is 7.94. The lowest BCUT2D eigenvalue weighted by atomic mass is 10.2. The molecule has 0 aromatic carbocycles. The van der Waals surface area contributed by atoms with Gasteiger partial charge < -0.3 is 0 Å². The van der Waals surface area contributed by atoms with Crippen LogP contribution >= 0.6 is 46.5 Å². The van der Waals surface area contributed by atoms with E-state index in [0.717, 1.165) is 24.0 Å². The molecule has 1 fully saturated rings. The van der Waals surface area contributed by atoms with Crippen molar-refractivity contribution in [2.75, 3.05) is 17.4 Å². The molecular weight excluding hydrogens is 290 g/mol. The highest BCUT2D eigenvalue weighted by Crippen LogP contribution is 2.44. The van der Waals surface area contributed by atoms with Gasteiger partial charge in [-0.25, -0.2) is 4.98 Å². The van der Waals surface area contributed by atoms with Crippen LogP contribution in [0.3, 0.4) is 0 Å². The zero-order valence-corrected chi connectivity index (χ0v) is 13.2. The van der Waals surface area contributed by atoms with Crippen LogP contribution in [0.5, 0.6) is 0 Å². The molecule has 1 aromatic rings. The Morgan fingerprint density at radius 1 is 1.41 bits per heavy atom. The topological polar surface area (TPSA) is 12.9 Å². The Balaban J connectivity index is 2.02. The summed E-state index contributed by atoms with van der Waals surface area (Å²) in [5.41, 5.74) is 1.23. The van der Waals surface area contributed by atoms with Gasteiger partial charge in [0.2, 0.25) is 0 Å². The Morgan fingerprint density at radius 3 is 3.00 bits per heavy atom. The second-order valence-electron chi connectivity index (χ2n) is 4.08. The zero-order chi connectivity index (χ0) is 12.1. The molecule has 1 aromatic heterocycles. The molecular formula is C12H18ClNS3. The molecule has 0 saturated carbocycles. The predicted octanol–water partition coefficient (Wildman–Crippen LogP) is 4.61. The number of rotatable bonds is 5. The van der Waals surface area contributed by atoms with Gasteiger partial charge in [-0.1, -0.05) is 6.92 Å². The third-order valence-corrected chi connectivity index (χ3v) is 7.48. The van der Waals surface area contributed by atoms with Gasteiger partial charge in [-0.15, -0.1) is 34.7 Å². The van der Waals surface area contributed by atoms with Crippen molar-refractivity contribution in [3.63, 3.8) is 0 Å². The Labute approximate surface area is 121 Å². The van der Waals surface area contributed by atoms with Crippen LogP contribution in [0, 0.1) is 0 Å². The molecule has 17 heavy (non-hydrogen) atoms. The highest BCUT2D eigenvalue weighted by molar-refractivity contribution is 8.06. The van der Waals surface area contributed by atoms with Crippen LogP contribution in [0.15, 0.2) is 5.38 Å². The highest BCUT2D eigenvalue weighted by Gasteiger charge is 2.28. The van der Waals surface area contributed by atoms with Gasteiger partial charge >= 0.3 is 0 Å². The van der Waals surface area contributed by atoms with E-state index in [0.29, 0.717) is 5.25 Å². The summed E-state index contributed by atoms with van der Waals surface area (Å²) in [6, 6.07) is 0. The van der Waals surface area contributed by atoms with Gasteiger partial charge in [-0.2, -0.15) is 11.8 Å². The average Bonchev–Trinajstić information content (AvgIpc) is 2.85. The third-order valence-electron chi connectivity index (χ3n) is 2.83. The highest BCUT2D eigenvalue weighted by atomic mass is 35.5. The minimum Gasteiger partial charge on any atom is -0.245 e. The van der Waals surface area contributed by atoms with Gasteiger partial charge in [0.1, 0.15) is 5.01 Å². The van der Waals surface area contributed by atoms with Gasteiger partial charge in [0.25, 0.3) is 0 Å². The second kappa shape index (κ2) is 7.27. The first-order valence-corrected chi connectivity index (χ1v) is 9.59. The molecule has 2 unspecified atom stereocenters. The van der Waals surface area contributed by atoms with E-state index in [2.05, 4.69) is 35.8 Å². The van der Waals surface area contributed by atoms with E-state index in [4.69, 9.17) is 16.6 Å². The van der Waals surface area contributed by atoms with Gasteiger partial charge in [0.05, 0.1) is 10.9 Å². The van der Waals surface area contributed by atoms with Crippen molar-refractivity contribution >= 4 is 46.5 Å². The maximum absolute atomic E-state index is 5.72. The maximum Gasteiger partial charge on any atom is 0.107 e.